The summed E-state index contributed by atoms with van der Waals surface area (Å²) >= 11 is 0. The quantitative estimate of drug-likeness (QED) is 0.241. The van der Waals surface area contributed by atoms with E-state index in [1.165, 1.54) is 19.6 Å². The van der Waals surface area contributed by atoms with Crippen molar-refractivity contribution in [2.24, 2.45) is 0 Å². The fourth-order valence-electron chi connectivity index (χ4n) is 3.34. The van der Waals surface area contributed by atoms with E-state index >= 15 is 0 Å². The minimum atomic E-state index is -1.02. The van der Waals surface area contributed by atoms with Gasteiger partial charge in [0, 0.05) is 12.3 Å². The van der Waals surface area contributed by atoms with Crippen LogP contribution in [0.4, 0.5) is 8.78 Å². The SMILES string of the molecule is C=CCCC1CCC(c2ccc(CO/C(CC)=C(F)/C(F)=C(\C)OC)cc2)CO1. The molecular weight excluding hydrogens is 374 g/mol. The Bertz CT molecular complexity index is 714. The molecule has 0 amide bonds. The first-order valence-corrected chi connectivity index (χ1v) is 10.2. The summed E-state index contributed by atoms with van der Waals surface area (Å²) in [5.74, 6) is -1.76. The molecule has 0 aromatic heterocycles. The van der Waals surface area contributed by atoms with Gasteiger partial charge in [0.1, 0.15) is 18.1 Å². The molecule has 1 aromatic rings. The van der Waals surface area contributed by atoms with Crippen LogP contribution in [0, 0.1) is 0 Å². The summed E-state index contributed by atoms with van der Waals surface area (Å²) in [6.45, 7) is 7.77. The summed E-state index contributed by atoms with van der Waals surface area (Å²) in [5.41, 5.74) is 2.14. The Kier molecular flexibility index (Phi) is 9.39. The highest BCUT2D eigenvalue weighted by molar-refractivity contribution is 5.27. The van der Waals surface area contributed by atoms with Crippen molar-refractivity contribution in [1.82, 2.24) is 0 Å². The van der Waals surface area contributed by atoms with Crippen molar-refractivity contribution in [2.45, 2.75) is 64.6 Å². The van der Waals surface area contributed by atoms with E-state index in [4.69, 9.17) is 14.2 Å². The Morgan fingerprint density at radius 1 is 1.21 bits per heavy atom. The highest BCUT2D eigenvalue weighted by atomic mass is 19.2. The van der Waals surface area contributed by atoms with Gasteiger partial charge < -0.3 is 14.2 Å². The second-order valence-corrected chi connectivity index (χ2v) is 7.29. The Morgan fingerprint density at radius 3 is 2.48 bits per heavy atom. The number of allylic oxidation sites excluding steroid dienone is 5. The fraction of sp³-hybridized carbons (Fsp3) is 0.500. The maximum Gasteiger partial charge on any atom is 0.199 e. The summed E-state index contributed by atoms with van der Waals surface area (Å²) in [6.07, 6.45) is 6.72. The molecule has 160 valence electrons. The van der Waals surface area contributed by atoms with Gasteiger partial charge in [0.15, 0.2) is 11.7 Å². The zero-order valence-electron chi connectivity index (χ0n) is 17.7. The monoisotopic (exact) mass is 406 g/mol. The van der Waals surface area contributed by atoms with Gasteiger partial charge in [-0.25, -0.2) is 0 Å². The predicted octanol–water partition coefficient (Wildman–Crippen LogP) is 6.87. The molecular formula is C24H32F2O3. The third-order valence-electron chi connectivity index (χ3n) is 5.30. The molecule has 0 radical (unpaired) electrons. The number of halogens is 2. The normalized spacial score (nSPS) is 21.1. The Hall–Kier alpha value is -2.14. The molecule has 0 spiro atoms. The lowest BCUT2D eigenvalue weighted by molar-refractivity contribution is -0.000179. The average molecular weight is 407 g/mol. The summed E-state index contributed by atoms with van der Waals surface area (Å²) in [7, 11) is 1.30. The van der Waals surface area contributed by atoms with Gasteiger partial charge in [-0.05, 0) is 43.7 Å². The molecule has 1 aliphatic rings. The summed E-state index contributed by atoms with van der Waals surface area (Å²) in [4.78, 5) is 0. The first-order chi connectivity index (χ1) is 14.0. The van der Waals surface area contributed by atoms with Crippen molar-refractivity contribution in [2.75, 3.05) is 13.7 Å². The molecule has 1 fully saturated rings. The van der Waals surface area contributed by atoms with Crippen molar-refractivity contribution < 1.29 is 23.0 Å². The highest BCUT2D eigenvalue weighted by Crippen LogP contribution is 2.30. The van der Waals surface area contributed by atoms with E-state index in [2.05, 4.69) is 18.7 Å². The first kappa shape index (κ1) is 23.1. The van der Waals surface area contributed by atoms with Crippen LogP contribution in [0.1, 0.15) is 63.0 Å². The van der Waals surface area contributed by atoms with Crippen molar-refractivity contribution in [3.05, 3.63) is 71.2 Å². The van der Waals surface area contributed by atoms with E-state index < -0.39 is 11.7 Å². The van der Waals surface area contributed by atoms with Gasteiger partial charge in [0.05, 0.1) is 19.8 Å². The van der Waals surface area contributed by atoms with E-state index in [0.717, 1.165) is 37.9 Å². The van der Waals surface area contributed by atoms with Crippen LogP contribution < -0.4 is 0 Å². The van der Waals surface area contributed by atoms with Gasteiger partial charge in [-0.1, -0.05) is 37.3 Å². The molecule has 2 atom stereocenters. The second-order valence-electron chi connectivity index (χ2n) is 7.29. The summed E-state index contributed by atoms with van der Waals surface area (Å²) in [6, 6.07) is 8.07. The zero-order valence-corrected chi connectivity index (χ0v) is 17.7. The fourth-order valence-corrected chi connectivity index (χ4v) is 3.34. The van der Waals surface area contributed by atoms with Crippen molar-refractivity contribution in [3.8, 4) is 0 Å². The lowest BCUT2D eigenvalue weighted by Gasteiger charge is -2.29. The van der Waals surface area contributed by atoms with Crippen LogP contribution in [0.15, 0.2) is 60.1 Å². The molecule has 5 heteroatoms. The van der Waals surface area contributed by atoms with Crippen LogP contribution in [0.5, 0.6) is 0 Å². The Morgan fingerprint density at radius 2 is 1.93 bits per heavy atom. The van der Waals surface area contributed by atoms with E-state index in [0.29, 0.717) is 12.0 Å². The number of methoxy groups -OCH3 is 1. The molecule has 2 rings (SSSR count). The van der Waals surface area contributed by atoms with Gasteiger partial charge in [-0.3, -0.25) is 0 Å². The van der Waals surface area contributed by atoms with Crippen molar-refractivity contribution in [3.63, 3.8) is 0 Å². The molecule has 3 nitrogen and oxygen atoms in total. The summed E-state index contributed by atoms with van der Waals surface area (Å²) in [5, 5.41) is 0. The molecule has 1 aromatic carbocycles. The van der Waals surface area contributed by atoms with Gasteiger partial charge >= 0.3 is 0 Å². The summed E-state index contributed by atoms with van der Waals surface area (Å²) < 4.78 is 44.4. The van der Waals surface area contributed by atoms with Crippen LogP contribution >= 0.6 is 0 Å². The third kappa shape index (κ3) is 6.70. The number of hydrogen-bond donors (Lipinski definition) is 0. The Labute approximate surface area is 173 Å². The van der Waals surface area contributed by atoms with Crippen molar-refractivity contribution >= 4 is 0 Å². The molecule has 1 saturated heterocycles. The van der Waals surface area contributed by atoms with Crippen molar-refractivity contribution in [1.29, 1.82) is 0 Å². The number of benzene rings is 1. The maximum atomic E-state index is 14.2. The van der Waals surface area contributed by atoms with Crippen LogP contribution in [-0.4, -0.2) is 19.8 Å². The third-order valence-corrected chi connectivity index (χ3v) is 5.30. The first-order valence-electron chi connectivity index (χ1n) is 10.2. The number of ether oxygens (including phenoxy) is 3. The largest absolute Gasteiger partial charge is 0.498 e. The standard InChI is InChI=1S/C24H32F2O3/c1-5-7-8-21-14-13-20(16-28-21)19-11-9-18(10-12-19)15-29-22(6-2)24(26)23(25)17(3)27-4/h5,9-12,20-21H,1,6-8,13-16H2,2-4H3/b23-17-,24-22-. The van der Waals surface area contributed by atoms with E-state index in [1.54, 1.807) is 6.92 Å². The maximum absolute atomic E-state index is 14.2. The number of rotatable bonds is 10. The van der Waals surface area contributed by atoms with Gasteiger partial charge in [-0.2, -0.15) is 8.78 Å². The Balaban J connectivity index is 1.93. The minimum absolute atomic E-state index is 0.0192. The molecule has 0 aliphatic carbocycles. The topological polar surface area (TPSA) is 27.7 Å². The molecule has 2 unspecified atom stereocenters. The molecule has 0 bridgehead atoms. The smallest absolute Gasteiger partial charge is 0.199 e. The molecule has 1 heterocycles. The van der Waals surface area contributed by atoms with Crippen LogP contribution in [0.25, 0.3) is 0 Å². The molecule has 0 N–H and O–H groups in total. The highest BCUT2D eigenvalue weighted by Gasteiger charge is 2.22. The zero-order chi connectivity index (χ0) is 21.2. The lowest BCUT2D eigenvalue weighted by atomic mass is 9.90. The lowest BCUT2D eigenvalue weighted by Crippen LogP contribution is -2.24. The minimum Gasteiger partial charge on any atom is -0.498 e. The van der Waals surface area contributed by atoms with Gasteiger partial charge in [0.2, 0.25) is 0 Å². The van der Waals surface area contributed by atoms with E-state index in [1.807, 2.05) is 18.2 Å². The van der Waals surface area contributed by atoms with E-state index in [9.17, 15) is 8.78 Å². The van der Waals surface area contributed by atoms with Crippen LogP contribution in [0.3, 0.4) is 0 Å². The van der Waals surface area contributed by atoms with Crippen LogP contribution in [-0.2, 0) is 20.8 Å². The second kappa shape index (κ2) is 11.8. The van der Waals surface area contributed by atoms with Gasteiger partial charge in [-0.15, -0.1) is 6.58 Å². The molecule has 0 saturated carbocycles. The predicted molar refractivity (Wildman–Crippen MR) is 112 cm³/mol. The van der Waals surface area contributed by atoms with Crippen LogP contribution in [0.2, 0.25) is 0 Å². The average Bonchev–Trinajstić information content (AvgIpc) is 2.77. The van der Waals surface area contributed by atoms with Gasteiger partial charge in [0.25, 0.3) is 0 Å². The van der Waals surface area contributed by atoms with E-state index in [-0.39, 0.29) is 24.5 Å². The molecule has 29 heavy (non-hydrogen) atoms. The number of hydrogen-bond acceptors (Lipinski definition) is 3. The molecule has 1 aliphatic heterocycles.